The number of hydrogen-bond donors (Lipinski definition) is 0. The fourth-order valence-corrected chi connectivity index (χ4v) is 1.95. The Balaban J connectivity index is 2.23. The molecule has 0 bridgehead atoms. The molecule has 0 N–H and O–H groups in total. The maximum atomic E-state index is 10.7. The van der Waals surface area contributed by atoms with Gasteiger partial charge in [-0.1, -0.05) is 18.2 Å². The third-order valence-corrected chi connectivity index (χ3v) is 2.95. The number of benzene rings is 1. The Hall–Kier alpha value is -3.02. The zero-order valence-electron chi connectivity index (χ0n) is 11.7. The van der Waals surface area contributed by atoms with E-state index in [1.165, 1.54) is 19.3 Å². The van der Waals surface area contributed by atoms with Gasteiger partial charge in [0.15, 0.2) is 0 Å². The average molecular weight is 300 g/mol. The first-order chi connectivity index (χ1) is 10.5. The van der Waals surface area contributed by atoms with Crippen molar-refractivity contribution < 1.29 is 29.0 Å². The van der Waals surface area contributed by atoms with Gasteiger partial charge < -0.3 is 29.0 Å². The van der Waals surface area contributed by atoms with Gasteiger partial charge in [-0.3, -0.25) is 0 Å². The van der Waals surface area contributed by atoms with Crippen molar-refractivity contribution in [3.63, 3.8) is 0 Å². The number of ether oxygens (including phenoxy) is 1. The van der Waals surface area contributed by atoms with Crippen molar-refractivity contribution >= 4 is 18.0 Å². The Morgan fingerprint density at radius 2 is 2.00 bits per heavy atom. The Morgan fingerprint density at radius 1 is 1.23 bits per heavy atom. The van der Waals surface area contributed by atoms with Crippen LogP contribution in [0.1, 0.15) is 27.4 Å². The lowest BCUT2D eigenvalue weighted by atomic mass is 10.1. The third kappa shape index (κ3) is 3.76. The molecule has 6 heteroatoms. The van der Waals surface area contributed by atoms with Crippen molar-refractivity contribution in [2.45, 2.75) is 6.42 Å². The van der Waals surface area contributed by atoms with Gasteiger partial charge in [0.25, 0.3) is 0 Å². The minimum Gasteiger partial charge on any atom is -0.545 e. The molecule has 0 saturated carbocycles. The third-order valence-electron chi connectivity index (χ3n) is 2.95. The molecule has 0 aliphatic rings. The van der Waals surface area contributed by atoms with Crippen LogP contribution in [0.4, 0.5) is 0 Å². The summed E-state index contributed by atoms with van der Waals surface area (Å²) < 4.78 is 10.4. The maximum Gasteiger partial charge on any atom is 0.149 e. The van der Waals surface area contributed by atoms with Gasteiger partial charge in [-0.15, -0.1) is 0 Å². The zero-order chi connectivity index (χ0) is 16.1. The van der Waals surface area contributed by atoms with Gasteiger partial charge in [0.2, 0.25) is 0 Å². The van der Waals surface area contributed by atoms with Crippen LogP contribution in [-0.4, -0.2) is 19.0 Å². The number of aliphatic carboxylic acids is 1. The summed E-state index contributed by atoms with van der Waals surface area (Å²) in [7, 11) is 1.49. The molecule has 0 radical (unpaired) electrons. The fourth-order valence-electron chi connectivity index (χ4n) is 1.95. The SMILES string of the molecule is COc1cc(/C=C/C(=O)[O-])ccc1Cc1ccc(C(=O)[O-])o1. The number of carboxylic acid groups (broad SMARTS) is 2. The van der Waals surface area contributed by atoms with Crippen LogP contribution in [0.25, 0.3) is 6.08 Å². The van der Waals surface area contributed by atoms with Crippen LogP contribution in [-0.2, 0) is 11.2 Å². The van der Waals surface area contributed by atoms with E-state index in [-0.39, 0.29) is 5.76 Å². The molecule has 1 heterocycles. The van der Waals surface area contributed by atoms with Crippen molar-refractivity contribution in [1.82, 2.24) is 0 Å². The van der Waals surface area contributed by atoms with E-state index in [1.54, 1.807) is 24.3 Å². The normalized spacial score (nSPS) is 10.8. The Morgan fingerprint density at radius 3 is 2.59 bits per heavy atom. The summed E-state index contributed by atoms with van der Waals surface area (Å²) in [6.07, 6.45) is 2.65. The van der Waals surface area contributed by atoms with E-state index in [1.807, 2.05) is 0 Å². The number of methoxy groups -OCH3 is 1. The van der Waals surface area contributed by atoms with Crippen molar-refractivity contribution in [1.29, 1.82) is 0 Å². The average Bonchev–Trinajstić information content (AvgIpc) is 2.95. The molecule has 0 aliphatic carbocycles. The predicted octanol–water partition coefficient (Wildman–Crippen LogP) is 0.00560. The van der Waals surface area contributed by atoms with Crippen molar-refractivity contribution in [2.24, 2.45) is 0 Å². The van der Waals surface area contributed by atoms with Gasteiger partial charge in [-0.2, -0.15) is 0 Å². The molecule has 1 aromatic heterocycles. The first-order valence-electron chi connectivity index (χ1n) is 6.35. The number of furan rings is 1. The molecule has 0 spiro atoms. The number of hydrogen-bond acceptors (Lipinski definition) is 6. The molecular weight excluding hydrogens is 288 g/mol. The van der Waals surface area contributed by atoms with E-state index in [0.717, 1.165) is 11.6 Å². The monoisotopic (exact) mass is 300 g/mol. The highest BCUT2D eigenvalue weighted by atomic mass is 16.5. The molecule has 0 aliphatic heterocycles. The van der Waals surface area contributed by atoms with Crippen molar-refractivity contribution in [3.8, 4) is 5.75 Å². The van der Waals surface area contributed by atoms with Crippen LogP contribution in [0.2, 0.25) is 0 Å². The Bertz CT molecular complexity index is 726. The van der Waals surface area contributed by atoms with Crippen LogP contribution in [0.3, 0.4) is 0 Å². The van der Waals surface area contributed by atoms with E-state index >= 15 is 0 Å². The van der Waals surface area contributed by atoms with Crippen LogP contribution in [0.15, 0.2) is 40.8 Å². The predicted molar refractivity (Wildman–Crippen MR) is 72.9 cm³/mol. The van der Waals surface area contributed by atoms with E-state index < -0.39 is 11.9 Å². The number of carboxylic acids is 2. The van der Waals surface area contributed by atoms with Crippen LogP contribution < -0.4 is 14.9 Å². The summed E-state index contributed by atoms with van der Waals surface area (Å²) in [5.41, 5.74) is 1.41. The molecule has 0 saturated heterocycles. The first kappa shape index (κ1) is 15.4. The largest absolute Gasteiger partial charge is 0.545 e. The van der Waals surface area contributed by atoms with Gasteiger partial charge in [-0.25, -0.2) is 0 Å². The van der Waals surface area contributed by atoms with E-state index in [4.69, 9.17) is 9.15 Å². The molecule has 114 valence electrons. The van der Waals surface area contributed by atoms with Crippen molar-refractivity contribution in [2.75, 3.05) is 7.11 Å². The molecule has 6 nitrogen and oxygen atoms in total. The fraction of sp³-hybridized carbons (Fsp3) is 0.125. The van der Waals surface area contributed by atoms with Gasteiger partial charge >= 0.3 is 0 Å². The highest BCUT2D eigenvalue weighted by Crippen LogP contribution is 2.24. The lowest BCUT2D eigenvalue weighted by Gasteiger charge is -2.08. The molecule has 0 unspecified atom stereocenters. The zero-order valence-corrected chi connectivity index (χ0v) is 11.7. The maximum absolute atomic E-state index is 10.7. The second kappa shape index (κ2) is 6.62. The molecule has 0 atom stereocenters. The minimum absolute atomic E-state index is 0.234. The quantitative estimate of drug-likeness (QED) is 0.696. The van der Waals surface area contributed by atoms with Gasteiger partial charge in [-0.05, 0) is 29.8 Å². The van der Waals surface area contributed by atoms with Crippen molar-refractivity contribution in [3.05, 3.63) is 59.1 Å². The summed E-state index contributed by atoms with van der Waals surface area (Å²) in [5.74, 6) is -1.90. The summed E-state index contributed by atoms with van der Waals surface area (Å²) >= 11 is 0. The second-order valence-electron chi connectivity index (χ2n) is 4.45. The standard InChI is InChI=1S/C16H14O6/c1-21-14-8-10(3-7-15(17)18)2-4-11(14)9-12-5-6-13(22-12)16(19)20/h2-8H,9H2,1H3,(H,17,18)(H,19,20)/p-2/b7-3+. The number of rotatable bonds is 6. The van der Waals surface area contributed by atoms with E-state index in [0.29, 0.717) is 23.5 Å². The first-order valence-corrected chi connectivity index (χ1v) is 6.35. The number of carbonyl (C=O) groups excluding carboxylic acids is 2. The van der Waals surface area contributed by atoms with E-state index in [9.17, 15) is 19.8 Å². The number of carbonyl (C=O) groups is 2. The molecule has 0 amide bonds. The smallest absolute Gasteiger partial charge is 0.149 e. The topological polar surface area (TPSA) is 103 Å². The molecule has 1 aromatic carbocycles. The highest BCUT2D eigenvalue weighted by Gasteiger charge is 2.08. The molecule has 2 rings (SSSR count). The van der Waals surface area contributed by atoms with Crippen LogP contribution in [0.5, 0.6) is 5.75 Å². The van der Waals surface area contributed by atoms with Gasteiger partial charge in [0.05, 0.1) is 13.1 Å². The Labute approximate surface area is 126 Å². The second-order valence-corrected chi connectivity index (χ2v) is 4.45. The minimum atomic E-state index is -1.37. The molecule has 0 fully saturated rings. The highest BCUT2D eigenvalue weighted by molar-refractivity contribution is 5.83. The molecule has 2 aromatic rings. The van der Waals surface area contributed by atoms with E-state index in [2.05, 4.69) is 0 Å². The summed E-state index contributed by atoms with van der Waals surface area (Å²) in [6, 6.07) is 7.99. The number of aromatic carboxylic acids is 1. The summed E-state index contributed by atoms with van der Waals surface area (Å²) in [4.78, 5) is 21.1. The van der Waals surface area contributed by atoms with Gasteiger partial charge in [0.1, 0.15) is 23.2 Å². The van der Waals surface area contributed by atoms with Crippen LogP contribution in [0, 0.1) is 0 Å². The Kier molecular flexibility index (Phi) is 4.63. The molecular formula is C16H12O6-2. The van der Waals surface area contributed by atoms with Crippen LogP contribution >= 0.6 is 0 Å². The molecule has 22 heavy (non-hydrogen) atoms. The lowest BCUT2D eigenvalue weighted by Crippen LogP contribution is -2.21. The van der Waals surface area contributed by atoms with Gasteiger partial charge in [0, 0.05) is 12.0 Å². The lowest BCUT2D eigenvalue weighted by molar-refractivity contribution is -0.297. The summed E-state index contributed by atoms with van der Waals surface area (Å²) in [5, 5.41) is 21.1. The summed E-state index contributed by atoms with van der Waals surface area (Å²) in [6.45, 7) is 0.